The zero-order chi connectivity index (χ0) is 23.1. The zero-order valence-corrected chi connectivity index (χ0v) is 18.3. The van der Waals surface area contributed by atoms with Crippen LogP contribution in [0.5, 0.6) is 11.5 Å². The van der Waals surface area contributed by atoms with Crippen LogP contribution in [0.25, 0.3) is 0 Å². The fourth-order valence-electron chi connectivity index (χ4n) is 3.53. The second-order valence-corrected chi connectivity index (χ2v) is 8.22. The highest BCUT2D eigenvalue weighted by atomic mass is 16.5. The molecule has 2 aromatic carbocycles. The average Bonchev–Trinajstić information content (AvgIpc) is 2.77. The lowest BCUT2D eigenvalue weighted by Gasteiger charge is -2.24. The third-order valence-electron chi connectivity index (χ3n) is 5.13. The highest BCUT2D eigenvalue weighted by Gasteiger charge is 2.29. The Hall–Kier alpha value is -3.55. The molecule has 0 fully saturated rings. The van der Waals surface area contributed by atoms with Gasteiger partial charge in [0.1, 0.15) is 30.2 Å². The lowest BCUT2D eigenvalue weighted by Crippen LogP contribution is -2.54. The van der Waals surface area contributed by atoms with E-state index in [1.807, 2.05) is 13.8 Å². The summed E-state index contributed by atoms with van der Waals surface area (Å²) in [6, 6.07) is 11.5. The molecule has 3 amide bonds. The standard InChI is InChI=1S/C24H29N3O5/c1-15(2)13-19-23(30)25-11-12-32-21-6-4-3-5-18(21)22(29)26-20(24(31)27-19)14-16-7-9-17(28)10-8-16/h3-10,15,19-20,28H,11-14H2,1-2H3,(H,25,30)(H,26,29)(H,27,31)/t19-,20-/m0/s1. The van der Waals surface area contributed by atoms with Gasteiger partial charge in [0.05, 0.1) is 12.1 Å². The smallest absolute Gasteiger partial charge is 0.255 e. The molecule has 170 valence electrons. The molecule has 0 saturated heterocycles. The fourth-order valence-corrected chi connectivity index (χ4v) is 3.53. The SMILES string of the molecule is CC(C)C[C@@H]1NC(=O)[C@H](Cc2ccc(O)cc2)NC(=O)c2ccccc2OCCNC1=O. The minimum atomic E-state index is -0.927. The molecule has 0 saturated carbocycles. The van der Waals surface area contributed by atoms with Crippen LogP contribution in [0, 0.1) is 5.92 Å². The van der Waals surface area contributed by atoms with Crippen molar-refractivity contribution in [2.24, 2.45) is 5.92 Å². The maximum Gasteiger partial charge on any atom is 0.255 e. The van der Waals surface area contributed by atoms with Gasteiger partial charge in [-0.25, -0.2) is 0 Å². The number of phenols is 1. The lowest BCUT2D eigenvalue weighted by atomic mass is 10.0. The Morgan fingerprint density at radius 2 is 1.69 bits per heavy atom. The van der Waals surface area contributed by atoms with Crippen LogP contribution >= 0.6 is 0 Å². The van der Waals surface area contributed by atoms with Crippen LogP contribution in [0.1, 0.15) is 36.2 Å². The first-order chi connectivity index (χ1) is 15.3. The summed E-state index contributed by atoms with van der Waals surface area (Å²) in [5.41, 5.74) is 1.06. The van der Waals surface area contributed by atoms with Gasteiger partial charge >= 0.3 is 0 Å². The summed E-state index contributed by atoms with van der Waals surface area (Å²) >= 11 is 0. The van der Waals surface area contributed by atoms with E-state index in [0.717, 1.165) is 5.56 Å². The molecule has 3 rings (SSSR count). The molecule has 1 aliphatic rings. The van der Waals surface area contributed by atoms with E-state index in [4.69, 9.17) is 4.74 Å². The number of fused-ring (bicyclic) bond motifs is 1. The maximum atomic E-state index is 13.2. The maximum absolute atomic E-state index is 13.2. The average molecular weight is 440 g/mol. The van der Waals surface area contributed by atoms with Gasteiger partial charge in [-0.3, -0.25) is 14.4 Å². The number of para-hydroxylation sites is 1. The van der Waals surface area contributed by atoms with E-state index in [1.165, 1.54) is 12.1 Å². The zero-order valence-electron chi connectivity index (χ0n) is 18.3. The predicted molar refractivity (Wildman–Crippen MR) is 119 cm³/mol. The number of hydrogen-bond acceptors (Lipinski definition) is 5. The number of carbonyl (C=O) groups excluding carboxylic acids is 3. The Morgan fingerprint density at radius 1 is 0.969 bits per heavy atom. The van der Waals surface area contributed by atoms with Gasteiger partial charge in [-0.1, -0.05) is 38.1 Å². The van der Waals surface area contributed by atoms with Crippen molar-refractivity contribution in [3.63, 3.8) is 0 Å². The molecule has 0 bridgehead atoms. The first-order valence-corrected chi connectivity index (χ1v) is 10.7. The van der Waals surface area contributed by atoms with E-state index in [0.29, 0.717) is 17.7 Å². The van der Waals surface area contributed by atoms with E-state index in [2.05, 4.69) is 16.0 Å². The Balaban J connectivity index is 1.92. The Labute approximate surface area is 187 Å². The molecule has 0 aromatic heterocycles. The van der Waals surface area contributed by atoms with Crippen LogP contribution in [-0.2, 0) is 16.0 Å². The molecule has 2 aromatic rings. The van der Waals surface area contributed by atoms with Crippen molar-refractivity contribution in [2.45, 2.75) is 38.8 Å². The number of hydrogen-bond donors (Lipinski definition) is 4. The van der Waals surface area contributed by atoms with Crippen molar-refractivity contribution < 1.29 is 24.2 Å². The molecule has 2 atom stereocenters. The monoisotopic (exact) mass is 439 g/mol. The van der Waals surface area contributed by atoms with Crippen molar-refractivity contribution in [1.82, 2.24) is 16.0 Å². The van der Waals surface area contributed by atoms with E-state index < -0.39 is 23.9 Å². The van der Waals surface area contributed by atoms with Crippen LogP contribution in [-0.4, -0.2) is 48.1 Å². The van der Waals surface area contributed by atoms with Gasteiger partial charge < -0.3 is 25.8 Å². The molecule has 0 unspecified atom stereocenters. The van der Waals surface area contributed by atoms with E-state index in [9.17, 15) is 19.5 Å². The fraction of sp³-hybridized carbons (Fsp3) is 0.375. The second-order valence-electron chi connectivity index (χ2n) is 8.22. The minimum absolute atomic E-state index is 0.108. The largest absolute Gasteiger partial charge is 0.508 e. The van der Waals surface area contributed by atoms with E-state index in [-0.39, 0.29) is 37.1 Å². The van der Waals surface area contributed by atoms with Crippen LogP contribution in [0.3, 0.4) is 0 Å². The second kappa shape index (κ2) is 10.7. The molecule has 4 N–H and O–H groups in total. The van der Waals surface area contributed by atoms with Gasteiger partial charge in [-0.2, -0.15) is 0 Å². The third kappa shape index (κ3) is 6.23. The van der Waals surface area contributed by atoms with Gasteiger partial charge in [-0.15, -0.1) is 0 Å². The van der Waals surface area contributed by atoms with Gasteiger partial charge in [0.2, 0.25) is 11.8 Å². The molecular formula is C24H29N3O5. The van der Waals surface area contributed by atoms with Crippen molar-refractivity contribution in [3.05, 3.63) is 59.7 Å². The molecular weight excluding hydrogens is 410 g/mol. The van der Waals surface area contributed by atoms with Gasteiger partial charge in [0, 0.05) is 6.42 Å². The lowest BCUT2D eigenvalue weighted by molar-refractivity contribution is -0.130. The topological polar surface area (TPSA) is 117 Å². The van der Waals surface area contributed by atoms with Crippen molar-refractivity contribution in [2.75, 3.05) is 13.2 Å². The van der Waals surface area contributed by atoms with Gasteiger partial charge in [0.15, 0.2) is 0 Å². The number of benzene rings is 2. The highest BCUT2D eigenvalue weighted by Crippen LogP contribution is 2.19. The summed E-state index contributed by atoms with van der Waals surface area (Å²) in [5, 5.41) is 17.9. The molecule has 32 heavy (non-hydrogen) atoms. The molecule has 0 spiro atoms. The quantitative estimate of drug-likeness (QED) is 0.579. The number of carbonyl (C=O) groups is 3. The molecule has 1 aliphatic heterocycles. The van der Waals surface area contributed by atoms with Crippen molar-refractivity contribution in [3.8, 4) is 11.5 Å². The normalized spacial score (nSPS) is 19.9. The third-order valence-corrected chi connectivity index (χ3v) is 5.13. The Morgan fingerprint density at radius 3 is 2.41 bits per heavy atom. The summed E-state index contributed by atoms with van der Waals surface area (Å²) in [6.45, 7) is 4.37. The van der Waals surface area contributed by atoms with E-state index in [1.54, 1.807) is 36.4 Å². The summed E-state index contributed by atoms with van der Waals surface area (Å²) in [7, 11) is 0. The summed E-state index contributed by atoms with van der Waals surface area (Å²) in [5.74, 6) is -0.536. The Bertz CT molecular complexity index is 958. The first-order valence-electron chi connectivity index (χ1n) is 10.7. The number of amides is 3. The predicted octanol–water partition coefficient (Wildman–Crippen LogP) is 1.77. The minimum Gasteiger partial charge on any atom is -0.508 e. The van der Waals surface area contributed by atoms with Crippen molar-refractivity contribution in [1.29, 1.82) is 0 Å². The summed E-state index contributed by atoms with van der Waals surface area (Å²) in [4.78, 5) is 38.9. The van der Waals surface area contributed by atoms with E-state index >= 15 is 0 Å². The number of ether oxygens (including phenoxy) is 1. The summed E-state index contributed by atoms with van der Waals surface area (Å²) < 4.78 is 5.72. The van der Waals surface area contributed by atoms with Crippen LogP contribution < -0.4 is 20.7 Å². The molecule has 1 heterocycles. The number of nitrogens with one attached hydrogen (secondary N) is 3. The number of rotatable bonds is 4. The summed E-state index contributed by atoms with van der Waals surface area (Å²) in [6.07, 6.45) is 0.648. The van der Waals surface area contributed by atoms with Crippen molar-refractivity contribution >= 4 is 17.7 Å². The van der Waals surface area contributed by atoms with Gasteiger partial charge in [0.25, 0.3) is 5.91 Å². The highest BCUT2D eigenvalue weighted by molar-refractivity contribution is 6.00. The van der Waals surface area contributed by atoms with Gasteiger partial charge in [-0.05, 0) is 42.2 Å². The molecule has 0 aliphatic carbocycles. The molecule has 8 nitrogen and oxygen atoms in total. The number of aromatic hydroxyl groups is 1. The Kier molecular flexibility index (Phi) is 7.70. The van der Waals surface area contributed by atoms with Crippen LogP contribution in [0.2, 0.25) is 0 Å². The first kappa shape index (κ1) is 23.1. The van der Waals surface area contributed by atoms with Crippen LogP contribution in [0.4, 0.5) is 0 Å². The molecule has 8 heteroatoms. The van der Waals surface area contributed by atoms with Crippen LogP contribution in [0.15, 0.2) is 48.5 Å². The number of phenolic OH excluding ortho intramolecular Hbond substituents is 1. The molecule has 0 radical (unpaired) electrons.